The van der Waals surface area contributed by atoms with Crippen molar-refractivity contribution in [2.75, 3.05) is 13.1 Å². The minimum Gasteiger partial charge on any atom is -0.386 e. The molecule has 0 aromatic carbocycles. The summed E-state index contributed by atoms with van der Waals surface area (Å²) in [4.78, 5) is 12.4. The fourth-order valence-corrected chi connectivity index (χ4v) is 1.20. The van der Waals surface area contributed by atoms with E-state index in [-0.39, 0.29) is 5.91 Å². The Hall–Kier alpha value is -0.610. The third-order valence-corrected chi connectivity index (χ3v) is 1.73. The summed E-state index contributed by atoms with van der Waals surface area (Å²) in [5, 5.41) is 18.1. The Morgan fingerprint density at radius 2 is 2.09 bits per heavy atom. The molecule has 11 heavy (non-hydrogen) atoms. The first kappa shape index (κ1) is 8.49. The normalized spacial score (nSPS) is 24.2. The Labute approximate surface area is 65.4 Å². The van der Waals surface area contributed by atoms with Crippen molar-refractivity contribution >= 4 is 5.91 Å². The number of aliphatic hydroxyl groups excluding tert-OH is 1. The summed E-state index contributed by atoms with van der Waals surface area (Å²) in [5.74, 6) is -0.309. The summed E-state index contributed by atoms with van der Waals surface area (Å²) in [5.41, 5.74) is -0.745. The first-order valence-corrected chi connectivity index (χ1v) is 3.62. The van der Waals surface area contributed by atoms with Gasteiger partial charge in [0, 0.05) is 0 Å². The minimum atomic E-state index is -0.953. The van der Waals surface area contributed by atoms with Gasteiger partial charge >= 0.3 is 0 Å². The maximum Gasteiger partial charge on any atom is 0.251 e. The summed E-state index contributed by atoms with van der Waals surface area (Å²) >= 11 is 0. The quantitative estimate of drug-likeness (QED) is 0.514. The van der Waals surface area contributed by atoms with Gasteiger partial charge in [0.15, 0.2) is 0 Å². The average Bonchev–Trinajstić information content (AvgIpc) is 1.80. The largest absolute Gasteiger partial charge is 0.386 e. The van der Waals surface area contributed by atoms with E-state index in [0.717, 1.165) is 0 Å². The van der Waals surface area contributed by atoms with Gasteiger partial charge in [0.05, 0.1) is 18.7 Å². The molecule has 64 valence electrons. The number of rotatable bonds is 1. The first-order chi connectivity index (χ1) is 4.92. The maximum absolute atomic E-state index is 11.0. The van der Waals surface area contributed by atoms with E-state index in [2.05, 4.69) is 0 Å². The van der Waals surface area contributed by atoms with Crippen molar-refractivity contribution in [1.29, 1.82) is 0 Å². The molecule has 0 radical (unpaired) electrons. The number of amides is 1. The molecule has 4 nitrogen and oxygen atoms in total. The smallest absolute Gasteiger partial charge is 0.251 e. The van der Waals surface area contributed by atoms with Gasteiger partial charge in [-0.15, -0.1) is 0 Å². The fraction of sp³-hybridized carbons (Fsp3) is 0.857. The van der Waals surface area contributed by atoms with Crippen LogP contribution in [0.15, 0.2) is 0 Å². The van der Waals surface area contributed by atoms with Gasteiger partial charge in [-0.1, -0.05) is 0 Å². The second kappa shape index (κ2) is 2.46. The zero-order chi connectivity index (χ0) is 8.65. The molecule has 1 saturated heterocycles. The molecule has 1 aliphatic heterocycles. The first-order valence-electron chi connectivity index (χ1n) is 3.62. The molecule has 0 bridgehead atoms. The molecule has 4 heteroatoms. The maximum atomic E-state index is 11.0. The highest BCUT2D eigenvalue weighted by Crippen LogP contribution is 2.20. The van der Waals surface area contributed by atoms with Crippen LogP contribution in [-0.2, 0) is 4.79 Å². The Kier molecular flexibility index (Phi) is 1.90. The van der Waals surface area contributed by atoms with Crippen LogP contribution in [0, 0.1) is 0 Å². The summed E-state index contributed by atoms with van der Waals surface area (Å²) in [6.45, 7) is 3.75. The Morgan fingerprint density at radius 1 is 1.64 bits per heavy atom. The van der Waals surface area contributed by atoms with Crippen molar-refractivity contribution in [3.8, 4) is 0 Å². The van der Waals surface area contributed by atoms with E-state index in [1.165, 1.54) is 11.8 Å². The van der Waals surface area contributed by atoms with Crippen LogP contribution in [0.1, 0.15) is 13.8 Å². The van der Waals surface area contributed by atoms with Crippen LogP contribution in [-0.4, -0.2) is 45.8 Å². The highest BCUT2D eigenvalue weighted by molar-refractivity contribution is 5.81. The van der Waals surface area contributed by atoms with Crippen molar-refractivity contribution < 1.29 is 15.0 Å². The monoisotopic (exact) mass is 159 g/mol. The van der Waals surface area contributed by atoms with Crippen LogP contribution in [0.25, 0.3) is 0 Å². The predicted molar refractivity (Wildman–Crippen MR) is 38.9 cm³/mol. The molecular weight excluding hydrogens is 146 g/mol. The average molecular weight is 159 g/mol. The topological polar surface area (TPSA) is 60.8 Å². The van der Waals surface area contributed by atoms with Crippen LogP contribution >= 0.6 is 0 Å². The molecular formula is C7H13NO3. The lowest BCUT2D eigenvalue weighted by atomic mass is 9.96. The van der Waals surface area contributed by atoms with Crippen molar-refractivity contribution in [2.45, 2.75) is 25.6 Å². The van der Waals surface area contributed by atoms with Gasteiger partial charge in [-0.25, -0.2) is 0 Å². The van der Waals surface area contributed by atoms with Gasteiger partial charge in [-0.05, 0) is 13.8 Å². The molecule has 1 heterocycles. The Bertz CT molecular complexity index is 169. The van der Waals surface area contributed by atoms with Gasteiger partial charge in [-0.3, -0.25) is 4.79 Å². The Balaban J connectivity index is 2.38. The lowest BCUT2D eigenvalue weighted by Crippen LogP contribution is -2.63. The number of hydrogen-bond acceptors (Lipinski definition) is 3. The molecule has 0 spiro atoms. The van der Waals surface area contributed by atoms with E-state index in [1.807, 2.05) is 0 Å². The summed E-state index contributed by atoms with van der Waals surface area (Å²) in [6.07, 6.45) is -0.953. The number of carbonyl (C=O) groups excluding carboxylic acids is 1. The molecule has 0 aromatic heterocycles. The third kappa shape index (κ3) is 1.70. The molecule has 1 fully saturated rings. The molecule has 0 aromatic rings. The van der Waals surface area contributed by atoms with Crippen molar-refractivity contribution in [3.05, 3.63) is 0 Å². The molecule has 1 aliphatic rings. The minimum absolute atomic E-state index is 0.309. The van der Waals surface area contributed by atoms with E-state index >= 15 is 0 Å². The number of likely N-dealkylation sites (tertiary alicyclic amines) is 1. The van der Waals surface area contributed by atoms with Gasteiger partial charge in [-0.2, -0.15) is 0 Å². The van der Waals surface area contributed by atoms with Crippen molar-refractivity contribution in [3.63, 3.8) is 0 Å². The van der Waals surface area contributed by atoms with E-state index in [1.54, 1.807) is 6.92 Å². The molecule has 1 atom stereocenters. The van der Waals surface area contributed by atoms with E-state index in [4.69, 9.17) is 5.11 Å². The molecule has 2 N–H and O–H groups in total. The number of nitrogens with zero attached hydrogens (tertiary/aromatic N) is 1. The van der Waals surface area contributed by atoms with Gasteiger partial charge in [0.2, 0.25) is 0 Å². The second-order valence-electron chi connectivity index (χ2n) is 3.37. The van der Waals surface area contributed by atoms with E-state index in [9.17, 15) is 9.90 Å². The molecule has 1 amide bonds. The zero-order valence-corrected chi connectivity index (χ0v) is 6.74. The number of carbonyl (C=O) groups is 1. The SMILES string of the molecule is C[C@H](O)C(=O)N1CC(C)(O)C1. The van der Waals surface area contributed by atoms with Crippen LogP contribution in [0.5, 0.6) is 0 Å². The van der Waals surface area contributed by atoms with E-state index in [0.29, 0.717) is 13.1 Å². The van der Waals surface area contributed by atoms with Crippen LogP contribution < -0.4 is 0 Å². The van der Waals surface area contributed by atoms with Crippen LogP contribution in [0.4, 0.5) is 0 Å². The van der Waals surface area contributed by atoms with Crippen LogP contribution in [0.3, 0.4) is 0 Å². The standard InChI is InChI=1S/C7H13NO3/c1-5(9)6(10)8-3-7(2,11)4-8/h5,9,11H,3-4H2,1-2H3/t5-/m0/s1. The molecule has 1 rings (SSSR count). The van der Waals surface area contributed by atoms with Crippen LogP contribution in [0.2, 0.25) is 0 Å². The number of β-amino-alcohol motifs (C(OH)–C–C–N with tert-alkyl or cyclic N) is 1. The molecule has 0 unspecified atom stereocenters. The number of hydrogen-bond donors (Lipinski definition) is 2. The highest BCUT2D eigenvalue weighted by atomic mass is 16.3. The van der Waals surface area contributed by atoms with E-state index < -0.39 is 11.7 Å². The molecule has 0 saturated carbocycles. The fourth-order valence-electron chi connectivity index (χ4n) is 1.20. The van der Waals surface area contributed by atoms with Gasteiger partial charge in [0.25, 0.3) is 5.91 Å². The Morgan fingerprint density at radius 3 is 2.36 bits per heavy atom. The summed E-state index contributed by atoms with van der Waals surface area (Å²) in [7, 11) is 0. The molecule has 0 aliphatic carbocycles. The second-order valence-corrected chi connectivity index (χ2v) is 3.37. The summed E-state index contributed by atoms with van der Waals surface area (Å²) < 4.78 is 0. The summed E-state index contributed by atoms with van der Waals surface area (Å²) in [6, 6.07) is 0. The van der Waals surface area contributed by atoms with Gasteiger partial charge in [0.1, 0.15) is 6.10 Å². The highest BCUT2D eigenvalue weighted by Gasteiger charge is 2.40. The number of aliphatic hydroxyl groups is 2. The van der Waals surface area contributed by atoms with Crippen molar-refractivity contribution in [1.82, 2.24) is 4.90 Å². The zero-order valence-electron chi connectivity index (χ0n) is 6.74. The predicted octanol–water partition coefficient (Wildman–Crippen LogP) is -1.04. The van der Waals surface area contributed by atoms with Crippen molar-refractivity contribution in [2.24, 2.45) is 0 Å². The van der Waals surface area contributed by atoms with Gasteiger partial charge < -0.3 is 15.1 Å². The lowest BCUT2D eigenvalue weighted by Gasteiger charge is -2.44. The third-order valence-electron chi connectivity index (χ3n) is 1.73. The lowest BCUT2D eigenvalue weighted by molar-refractivity contribution is -0.160.